The van der Waals surface area contributed by atoms with Gasteiger partial charge in [-0.2, -0.15) is 0 Å². The lowest BCUT2D eigenvalue weighted by molar-refractivity contribution is -0.121. The van der Waals surface area contributed by atoms with Crippen LogP contribution in [-0.2, 0) is 16.1 Å². The van der Waals surface area contributed by atoms with Gasteiger partial charge in [0.25, 0.3) is 5.91 Å². The lowest BCUT2D eigenvalue weighted by Crippen LogP contribution is -2.37. The van der Waals surface area contributed by atoms with E-state index in [9.17, 15) is 19.2 Å². The minimum atomic E-state index is -0.646. The summed E-state index contributed by atoms with van der Waals surface area (Å²) in [5.74, 6) is -0.390. The number of aldehydes is 1. The second-order valence-electron chi connectivity index (χ2n) is 6.16. The van der Waals surface area contributed by atoms with Crippen molar-refractivity contribution in [1.82, 2.24) is 15.2 Å². The van der Waals surface area contributed by atoms with Crippen LogP contribution in [0.3, 0.4) is 0 Å². The van der Waals surface area contributed by atoms with Gasteiger partial charge in [-0.15, -0.1) is 0 Å². The first-order valence-electron chi connectivity index (χ1n) is 8.32. The average molecular weight is 353 g/mol. The van der Waals surface area contributed by atoms with Crippen LogP contribution in [-0.4, -0.2) is 41.1 Å². The Morgan fingerprint density at radius 3 is 2.81 bits per heavy atom. The van der Waals surface area contributed by atoms with Crippen molar-refractivity contribution in [1.29, 1.82) is 0 Å². The molecule has 7 nitrogen and oxygen atoms in total. The number of amides is 2. The van der Waals surface area contributed by atoms with E-state index < -0.39 is 6.04 Å². The van der Waals surface area contributed by atoms with Gasteiger partial charge in [0, 0.05) is 49.6 Å². The Kier molecular flexibility index (Phi) is 4.97. The predicted octanol–water partition coefficient (Wildman–Crippen LogP) is 1.09. The molecule has 0 saturated carbocycles. The van der Waals surface area contributed by atoms with Gasteiger partial charge < -0.3 is 20.0 Å². The maximum atomic E-state index is 12.6. The molecule has 0 aliphatic carbocycles. The molecule has 3 rings (SSSR count). The fraction of sp³-hybridized carbons (Fsp3) is 0.263. The lowest BCUT2D eigenvalue weighted by Gasteiger charge is -2.22. The van der Waals surface area contributed by atoms with Crippen molar-refractivity contribution in [2.45, 2.75) is 25.4 Å². The predicted molar refractivity (Wildman–Crippen MR) is 95.5 cm³/mol. The summed E-state index contributed by atoms with van der Waals surface area (Å²) >= 11 is 0. The standard InChI is InChI=1S/C19H19N3O4/c1-20-18(25)5-3-14(11-23)22-10-13-8-12(2-4-16(13)19(22)26)17-9-15(24)6-7-21-17/h2,4,6-9,11,14H,3,5,10H2,1H3,(H,20,25)(H,21,24). The molecule has 26 heavy (non-hydrogen) atoms. The number of aromatic amines is 1. The first-order valence-corrected chi connectivity index (χ1v) is 8.32. The third kappa shape index (κ3) is 3.42. The van der Waals surface area contributed by atoms with Crippen LogP contribution >= 0.6 is 0 Å². The van der Waals surface area contributed by atoms with E-state index in [4.69, 9.17) is 0 Å². The molecule has 1 unspecified atom stereocenters. The zero-order valence-corrected chi connectivity index (χ0v) is 14.3. The van der Waals surface area contributed by atoms with Crippen LogP contribution < -0.4 is 10.7 Å². The van der Waals surface area contributed by atoms with E-state index in [1.165, 1.54) is 24.1 Å². The molecule has 0 fully saturated rings. The van der Waals surface area contributed by atoms with Crippen molar-refractivity contribution in [2.24, 2.45) is 0 Å². The summed E-state index contributed by atoms with van der Waals surface area (Å²) in [4.78, 5) is 51.5. The highest BCUT2D eigenvalue weighted by Gasteiger charge is 2.32. The lowest BCUT2D eigenvalue weighted by atomic mass is 10.0. The minimum absolute atomic E-state index is 0.104. The number of nitrogens with one attached hydrogen (secondary N) is 2. The van der Waals surface area contributed by atoms with E-state index in [-0.39, 0.29) is 30.1 Å². The molecule has 1 aliphatic rings. The Morgan fingerprint density at radius 2 is 2.12 bits per heavy atom. The quantitative estimate of drug-likeness (QED) is 0.760. The van der Waals surface area contributed by atoms with Crippen molar-refractivity contribution < 1.29 is 14.4 Å². The first kappa shape index (κ1) is 17.6. The van der Waals surface area contributed by atoms with Gasteiger partial charge in [-0.1, -0.05) is 6.07 Å². The summed E-state index contributed by atoms with van der Waals surface area (Å²) in [5.41, 5.74) is 2.69. The van der Waals surface area contributed by atoms with Crippen LogP contribution in [0.25, 0.3) is 11.3 Å². The molecule has 2 aromatic rings. The van der Waals surface area contributed by atoms with Gasteiger partial charge in [0.15, 0.2) is 5.43 Å². The molecule has 1 aliphatic heterocycles. The second kappa shape index (κ2) is 7.35. The SMILES string of the molecule is CNC(=O)CCC(C=O)N1Cc2cc(-c3cc(=O)cc[nH]3)ccc2C1=O. The number of carbonyl (C=O) groups excluding carboxylic acids is 3. The molecule has 2 amide bonds. The van der Waals surface area contributed by atoms with Gasteiger partial charge in [0.2, 0.25) is 5.91 Å². The highest BCUT2D eigenvalue weighted by atomic mass is 16.2. The van der Waals surface area contributed by atoms with E-state index in [0.29, 0.717) is 24.1 Å². The van der Waals surface area contributed by atoms with E-state index >= 15 is 0 Å². The average Bonchev–Trinajstić information content (AvgIpc) is 2.98. The van der Waals surface area contributed by atoms with Crippen LogP contribution in [0.5, 0.6) is 0 Å². The second-order valence-corrected chi connectivity index (χ2v) is 6.16. The first-order chi connectivity index (χ1) is 12.5. The zero-order valence-electron chi connectivity index (χ0n) is 14.3. The third-order valence-electron chi connectivity index (χ3n) is 4.52. The summed E-state index contributed by atoms with van der Waals surface area (Å²) in [7, 11) is 1.53. The smallest absolute Gasteiger partial charge is 0.255 e. The molecule has 0 radical (unpaired) electrons. The Morgan fingerprint density at radius 1 is 1.31 bits per heavy atom. The fourth-order valence-corrected chi connectivity index (χ4v) is 3.09. The van der Waals surface area contributed by atoms with E-state index in [1.54, 1.807) is 18.3 Å². The molecular weight excluding hydrogens is 334 g/mol. The van der Waals surface area contributed by atoms with Crippen LogP contribution in [0.1, 0.15) is 28.8 Å². The van der Waals surface area contributed by atoms with Gasteiger partial charge in [-0.25, -0.2) is 0 Å². The fourth-order valence-electron chi connectivity index (χ4n) is 3.09. The molecule has 7 heteroatoms. The summed E-state index contributed by atoms with van der Waals surface area (Å²) < 4.78 is 0. The maximum Gasteiger partial charge on any atom is 0.255 e. The Hall–Kier alpha value is -3.22. The topological polar surface area (TPSA) is 99.3 Å². The van der Waals surface area contributed by atoms with Gasteiger partial charge in [-0.3, -0.25) is 14.4 Å². The van der Waals surface area contributed by atoms with E-state index in [1.807, 2.05) is 6.07 Å². The maximum absolute atomic E-state index is 12.6. The van der Waals surface area contributed by atoms with Gasteiger partial charge >= 0.3 is 0 Å². The van der Waals surface area contributed by atoms with Crippen LogP contribution in [0, 0.1) is 0 Å². The molecule has 0 saturated heterocycles. The molecule has 2 N–H and O–H groups in total. The number of aromatic nitrogens is 1. The van der Waals surface area contributed by atoms with E-state index in [2.05, 4.69) is 10.3 Å². The number of pyridine rings is 1. The molecule has 1 aromatic carbocycles. The van der Waals surface area contributed by atoms with E-state index in [0.717, 1.165) is 11.1 Å². The number of fused-ring (bicyclic) bond motifs is 1. The summed E-state index contributed by atoms with van der Waals surface area (Å²) in [6.45, 7) is 0.302. The van der Waals surface area contributed by atoms with Crippen molar-refractivity contribution >= 4 is 18.1 Å². The van der Waals surface area contributed by atoms with Crippen molar-refractivity contribution in [3.05, 3.63) is 57.9 Å². The Bertz CT molecular complexity index is 919. The number of carbonyl (C=O) groups is 3. The Labute approximate surface area is 150 Å². The molecule has 1 atom stereocenters. The molecule has 134 valence electrons. The van der Waals surface area contributed by atoms with Crippen LogP contribution in [0.2, 0.25) is 0 Å². The van der Waals surface area contributed by atoms with Gasteiger partial charge in [0.05, 0.1) is 6.04 Å². The number of H-pyrrole nitrogens is 1. The largest absolute Gasteiger partial charge is 0.361 e. The van der Waals surface area contributed by atoms with Crippen LogP contribution in [0.4, 0.5) is 0 Å². The van der Waals surface area contributed by atoms with Gasteiger partial charge in [0.1, 0.15) is 6.29 Å². The molecule has 2 heterocycles. The summed E-state index contributed by atoms with van der Waals surface area (Å²) in [5, 5.41) is 2.51. The highest BCUT2D eigenvalue weighted by molar-refractivity contribution is 6.00. The molecule has 0 bridgehead atoms. The number of nitrogens with zero attached hydrogens (tertiary/aromatic N) is 1. The summed E-state index contributed by atoms with van der Waals surface area (Å²) in [6, 6.07) is 7.60. The van der Waals surface area contributed by atoms with Crippen molar-refractivity contribution in [3.8, 4) is 11.3 Å². The number of benzene rings is 1. The van der Waals surface area contributed by atoms with Gasteiger partial charge in [-0.05, 0) is 29.7 Å². The minimum Gasteiger partial charge on any atom is -0.361 e. The summed E-state index contributed by atoms with van der Waals surface area (Å²) in [6.07, 6.45) is 2.74. The molecular formula is C19H19N3O4. The number of rotatable bonds is 6. The molecule has 0 spiro atoms. The van der Waals surface area contributed by atoms with Crippen LogP contribution in [0.15, 0.2) is 41.3 Å². The number of hydrogen-bond acceptors (Lipinski definition) is 4. The van der Waals surface area contributed by atoms with Crippen molar-refractivity contribution in [3.63, 3.8) is 0 Å². The Balaban J connectivity index is 1.83. The monoisotopic (exact) mass is 353 g/mol. The number of hydrogen-bond donors (Lipinski definition) is 2. The third-order valence-corrected chi connectivity index (χ3v) is 4.52. The highest BCUT2D eigenvalue weighted by Crippen LogP contribution is 2.29. The van der Waals surface area contributed by atoms with Crippen molar-refractivity contribution in [2.75, 3.05) is 7.05 Å². The normalized spacial score (nSPS) is 14.0. The molecule has 1 aromatic heterocycles. The zero-order chi connectivity index (χ0) is 18.7.